The predicted octanol–water partition coefficient (Wildman–Crippen LogP) is 4.47. The molecule has 0 aliphatic heterocycles. The summed E-state index contributed by atoms with van der Waals surface area (Å²) in [5.74, 6) is 0.782. The molecule has 24 heavy (non-hydrogen) atoms. The van der Waals surface area contributed by atoms with Gasteiger partial charge in [0.25, 0.3) is 0 Å². The van der Waals surface area contributed by atoms with Gasteiger partial charge in [0.05, 0.1) is 7.11 Å². The molecular weight excluding hydrogens is 300 g/mol. The second-order valence-corrected chi connectivity index (χ2v) is 6.13. The van der Waals surface area contributed by atoms with Crippen LogP contribution in [-0.2, 0) is 4.79 Å². The van der Waals surface area contributed by atoms with Gasteiger partial charge in [-0.3, -0.25) is 4.79 Å². The molecule has 1 amide bonds. The van der Waals surface area contributed by atoms with Gasteiger partial charge in [-0.15, -0.1) is 0 Å². The van der Waals surface area contributed by atoms with Crippen LogP contribution in [0, 0.1) is 13.8 Å². The fraction of sp³-hybridized carbons (Fsp3) is 0.250. The predicted molar refractivity (Wildman–Crippen MR) is 97.7 cm³/mol. The summed E-state index contributed by atoms with van der Waals surface area (Å²) in [6, 6.07) is 13.6. The van der Waals surface area contributed by atoms with Crippen LogP contribution in [0.25, 0.3) is 10.9 Å². The van der Waals surface area contributed by atoms with E-state index in [9.17, 15) is 4.79 Å². The lowest BCUT2D eigenvalue weighted by atomic mass is 10.1. The van der Waals surface area contributed by atoms with Crippen LogP contribution in [0.5, 0.6) is 5.75 Å². The van der Waals surface area contributed by atoms with Gasteiger partial charge in [-0.1, -0.05) is 12.1 Å². The highest BCUT2D eigenvalue weighted by atomic mass is 16.5. The monoisotopic (exact) mass is 322 g/mol. The SMILES string of the molecule is COc1ccc2c(ccn2C(C)C(=O)Nc2cc(C)ccc2C)c1. The van der Waals surface area contributed by atoms with Crippen molar-refractivity contribution in [3.63, 3.8) is 0 Å². The summed E-state index contributed by atoms with van der Waals surface area (Å²) in [6.45, 7) is 5.92. The Morgan fingerprint density at radius 3 is 2.67 bits per heavy atom. The number of hydrogen-bond acceptors (Lipinski definition) is 2. The fourth-order valence-electron chi connectivity index (χ4n) is 2.84. The van der Waals surface area contributed by atoms with Gasteiger partial charge in [0.1, 0.15) is 11.8 Å². The Labute approximate surface area is 142 Å². The molecule has 1 aromatic heterocycles. The van der Waals surface area contributed by atoms with Crippen LogP contribution in [0.4, 0.5) is 5.69 Å². The number of nitrogens with one attached hydrogen (secondary N) is 1. The molecule has 4 nitrogen and oxygen atoms in total. The van der Waals surface area contributed by atoms with Gasteiger partial charge < -0.3 is 14.6 Å². The first-order valence-corrected chi connectivity index (χ1v) is 8.02. The van der Waals surface area contributed by atoms with Crippen LogP contribution < -0.4 is 10.1 Å². The number of aromatic nitrogens is 1. The van der Waals surface area contributed by atoms with Gasteiger partial charge in [-0.2, -0.15) is 0 Å². The lowest BCUT2D eigenvalue weighted by molar-refractivity contribution is -0.118. The number of carbonyl (C=O) groups is 1. The average molecular weight is 322 g/mol. The molecule has 0 aliphatic carbocycles. The summed E-state index contributed by atoms with van der Waals surface area (Å²) in [4.78, 5) is 12.7. The zero-order valence-electron chi connectivity index (χ0n) is 14.5. The highest BCUT2D eigenvalue weighted by molar-refractivity contribution is 5.95. The van der Waals surface area contributed by atoms with E-state index in [0.29, 0.717) is 0 Å². The van der Waals surface area contributed by atoms with Crippen molar-refractivity contribution in [1.82, 2.24) is 4.57 Å². The summed E-state index contributed by atoms with van der Waals surface area (Å²) in [5, 5.41) is 4.10. The van der Waals surface area contributed by atoms with Gasteiger partial charge in [0.2, 0.25) is 5.91 Å². The minimum Gasteiger partial charge on any atom is -0.497 e. The first-order valence-electron chi connectivity index (χ1n) is 8.02. The molecule has 0 fully saturated rings. The molecule has 124 valence electrons. The van der Waals surface area contributed by atoms with Crippen LogP contribution in [0.3, 0.4) is 0 Å². The number of benzene rings is 2. The molecule has 1 heterocycles. The lowest BCUT2D eigenvalue weighted by Crippen LogP contribution is -2.23. The number of fused-ring (bicyclic) bond motifs is 1. The molecule has 1 N–H and O–H groups in total. The second kappa shape index (κ2) is 6.40. The summed E-state index contributed by atoms with van der Waals surface area (Å²) in [5.41, 5.74) is 4.06. The normalized spacial score (nSPS) is 12.2. The van der Waals surface area contributed by atoms with Crippen LogP contribution in [0.15, 0.2) is 48.7 Å². The summed E-state index contributed by atoms with van der Waals surface area (Å²) in [7, 11) is 1.65. The van der Waals surface area contributed by atoms with Gasteiger partial charge in [-0.05, 0) is 62.2 Å². The van der Waals surface area contributed by atoms with Crippen molar-refractivity contribution < 1.29 is 9.53 Å². The maximum Gasteiger partial charge on any atom is 0.247 e. The van der Waals surface area contributed by atoms with Crippen LogP contribution in [-0.4, -0.2) is 17.6 Å². The molecule has 0 aliphatic rings. The van der Waals surface area contributed by atoms with Crippen molar-refractivity contribution in [2.75, 3.05) is 12.4 Å². The number of amides is 1. The molecule has 4 heteroatoms. The van der Waals surface area contributed by atoms with Crippen molar-refractivity contribution in [3.8, 4) is 5.75 Å². The number of hydrogen-bond donors (Lipinski definition) is 1. The van der Waals surface area contributed by atoms with Crippen molar-refractivity contribution >= 4 is 22.5 Å². The van der Waals surface area contributed by atoms with E-state index in [2.05, 4.69) is 5.32 Å². The standard InChI is InChI=1S/C20H22N2O2/c1-13-5-6-14(2)18(11-13)21-20(23)15(3)22-10-9-16-12-17(24-4)7-8-19(16)22/h5-12,15H,1-4H3,(H,21,23). The minimum absolute atomic E-state index is 0.0305. The van der Waals surface area contributed by atoms with Crippen molar-refractivity contribution in [3.05, 3.63) is 59.8 Å². The molecular formula is C20H22N2O2. The van der Waals surface area contributed by atoms with E-state index in [1.807, 2.05) is 74.0 Å². The van der Waals surface area contributed by atoms with Crippen LogP contribution >= 0.6 is 0 Å². The van der Waals surface area contributed by atoms with E-state index >= 15 is 0 Å². The van der Waals surface area contributed by atoms with Gasteiger partial charge in [0.15, 0.2) is 0 Å². The third-order valence-corrected chi connectivity index (χ3v) is 4.38. The van der Waals surface area contributed by atoms with Crippen molar-refractivity contribution in [2.24, 2.45) is 0 Å². The molecule has 0 saturated heterocycles. The van der Waals surface area contributed by atoms with E-state index in [-0.39, 0.29) is 11.9 Å². The topological polar surface area (TPSA) is 43.3 Å². The van der Waals surface area contributed by atoms with Crippen molar-refractivity contribution in [1.29, 1.82) is 0 Å². The Morgan fingerprint density at radius 2 is 1.92 bits per heavy atom. The number of carbonyl (C=O) groups excluding carboxylic acids is 1. The van der Waals surface area contributed by atoms with E-state index in [0.717, 1.165) is 33.5 Å². The lowest BCUT2D eigenvalue weighted by Gasteiger charge is -2.17. The first kappa shape index (κ1) is 16.1. The minimum atomic E-state index is -0.309. The third kappa shape index (κ3) is 3.00. The van der Waals surface area contributed by atoms with E-state index < -0.39 is 0 Å². The Kier molecular flexibility index (Phi) is 4.30. The van der Waals surface area contributed by atoms with Crippen LogP contribution in [0.2, 0.25) is 0 Å². The maximum atomic E-state index is 12.7. The van der Waals surface area contributed by atoms with E-state index in [1.165, 1.54) is 0 Å². The number of anilines is 1. The van der Waals surface area contributed by atoms with Gasteiger partial charge >= 0.3 is 0 Å². The zero-order chi connectivity index (χ0) is 17.3. The molecule has 0 radical (unpaired) electrons. The number of nitrogens with zero attached hydrogens (tertiary/aromatic N) is 1. The molecule has 0 bridgehead atoms. The Morgan fingerprint density at radius 1 is 1.12 bits per heavy atom. The molecule has 3 aromatic rings. The van der Waals surface area contributed by atoms with E-state index in [4.69, 9.17) is 4.74 Å². The third-order valence-electron chi connectivity index (χ3n) is 4.38. The number of aryl methyl sites for hydroxylation is 2. The molecule has 2 aromatic carbocycles. The number of methoxy groups -OCH3 is 1. The quantitative estimate of drug-likeness (QED) is 0.770. The molecule has 1 atom stereocenters. The highest BCUT2D eigenvalue weighted by Gasteiger charge is 2.17. The van der Waals surface area contributed by atoms with Gasteiger partial charge in [-0.25, -0.2) is 0 Å². The second-order valence-electron chi connectivity index (χ2n) is 6.13. The van der Waals surface area contributed by atoms with E-state index in [1.54, 1.807) is 7.11 Å². The zero-order valence-corrected chi connectivity index (χ0v) is 14.5. The fourth-order valence-corrected chi connectivity index (χ4v) is 2.84. The Hall–Kier alpha value is -2.75. The summed E-state index contributed by atoms with van der Waals surface area (Å²) < 4.78 is 7.24. The van der Waals surface area contributed by atoms with Gasteiger partial charge in [0, 0.05) is 22.8 Å². The number of rotatable bonds is 4. The Balaban J connectivity index is 1.87. The summed E-state index contributed by atoms with van der Waals surface area (Å²) in [6.07, 6.45) is 1.94. The van der Waals surface area contributed by atoms with Crippen LogP contribution in [0.1, 0.15) is 24.1 Å². The largest absolute Gasteiger partial charge is 0.497 e. The molecule has 3 rings (SSSR count). The molecule has 1 unspecified atom stereocenters. The average Bonchev–Trinajstić information content (AvgIpc) is 3.00. The maximum absolute atomic E-state index is 12.7. The smallest absolute Gasteiger partial charge is 0.247 e. The summed E-state index contributed by atoms with van der Waals surface area (Å²) >= 11 is 0. The Bertz CT molecular complexity index is 896. The first-order chi connectivity index (χ1) is 11.5. The highest BCUT2D eigenvalue weighted by Crippen LogP contribution is 2.25. The number of ether oxygens (including phenoxy) is 1. The molecule has 0 spiro atoms. The molecule has 0 saturated carbocycles. The van der Waals surface area contributed by atoms with Crippen molar-refractivity contribution in [2.45, 2.75) is 26.8 Å².